The van der Waals surface area contributed by atoms with Crippen LogP contribution >= 0.6 is 0 Å². The standard InChI is InChI=1S/C18H20FN/c19-16-7-4-8-18(13-16)20-17-11-9-15(10-12-17)14-5-2-1-3-6-14/h1-8,13,15,17,20H,9-12H2. The molecule has 2 heteroatoms. The monoisotopic (exact) mass is 269 g/mol. The molecular formula is C18H20FN. The van der Waals surface area contributed by atoms with Crippen molar-refractivity contribution in [2.24, 2.45) is 0 Å². The van der Waals surface area contributed by atoms with Gasteiger partial charge in [-0.05, 0) is 55.4 Å². The molecule has 0 unspecified atom stereocenters. The molecule has 0 aromatic heterocycles. The molecule has 0 aliphatic heterocycles. The first-order valence-corrected chi connectivity index (χ1v) is 7.38. The fraction of sp³-hybridized carbons (Fsp3) is 0.333. The average Bonchev–Trinajstić information content (AvgIpc) is 2.49. The second kappa shape index (κ2) is 6.08. The molecule has 3 rings (SSSR count). The summed E-state index contributed by atoms with van der Waals surface area (Å²) in [6, 6.07) is 18.0. The Morgan fingerprint density at radius 3 is 2.30 bits per heavy atom. The van der Waals surface area contributed by atoms with Gasteiger partial charge in [0.15, 0.2) is 0 Å². The maximum Gasteiger partial charge on any atom is 0.125 e. The summed E-state index contributed by atoms with van der Waals surface area (Å²) in [5.41, 5.74) is 2.35. The largest absolute Gasteiger partial charge is 0.382 e. The number of anilines is 1. The van der Waals surface area contributed by atoms with E-state index in [0.717, 1.165) is 18.5 Å². The van der Waals surface area contributed by atoms with Gasteiger partial charge in [0.1, 0.15) is 5.82 Å². The minimum Gasteiger partial charge on any atom is -0.382 e. The number of hydrogen-bond donors (Lipinski definition) is 1. The van der Waals surface area contributed by atoms with Crippen LogP contribution in [0, 0.1) is 5.82 Å². The highest BCUT2D eigenvalue weighted by molar-refractivity contribution is 5.44. The molecule has 1 aliphatic carbocycles. The molecule has 0 amide bonds. The fourth-order valence-corrected chi connectivity index (χ4v) is 3.11. The van der Waals surface area contributed by atoms with Crippen LogP contribution in [0.15, 0.2) is 54.6 Å². The quantitative estimate of drug-likeness (QED) is 0.830. The first-order valence-electron chi connectivity index (χ1n) is 7.38. The van der Waals surface area contributed by atoms with E-state index in [-0.39, 0.29) is 5.82 Å². The van der Waals surface area contributed by atoms with Gasteiger partial charge in [-0.3, -0.25) is 0 Å². The zero-order chi connectivity index (χ0) is 13.8. The van der Waals surface area contributed by atoms with Gasteiger partial charge in [0.2, 0.25) is 0 Å². The Bertz CT molecular complexity index is 544. The maximum absolute atomic E-state index is 13.2. The van der Waals surface area contributed by atoms with Crippen molar-refractivity contribution < 1.29 is 4.39 Å². The van der Waals surface area contributed by atoms with Gasteiger partial charge < -0.3 is 5.32 Å². The van der Waals surface area contributed by atoms with Crippen molar-refractivity contribution in [3.8, 4) is 0 Å². The Balaban J connectivity index is 1.56. The van der Waals surface area contributed by atoms with E-state index in [0.29, 0.717) is 12.0 Å². The van der Waals surface area contributed by atoms with E-state index < -0.39 is 0 Å². The van der Waals surface area contributed by atoms with Crippen LogP contribution in [0.25, 0.3) is 0 Å². The normalized spacial score (nSPS) is 22.4. The lowest BCUT2D eigenvalue weighted by Gasteiger charge is -2.30. The van der Waals surface area contributed by atoms with E-state index in [1.807, 2.05) is 6.07 Å². The van der Waals surface area contributed by atoms with Crippen molar-refractivity contribution in [3.63, 3.8) is 0 Å². The summed E-state index contributed by atoms with van der Waals surface area (Å²) in [5, 5.41) is 3.45. The summed E-state index contributed by atoms with van der Waals surface area (Å²) >= 11 is 0. The van der Waals surface area contributed by atoms with Gasteiger partial charge in [-0.25, -0.2) is 4.39 Å². The molecule has 0 atom stereocenters. The van der Waals surface area contributed by atoms with Crippen LogP contribution in [-0.2, 0) is 0 Å². The Hall–Kier alpha value is -1.83. The molecule has 0 spiro atoms. The molecule has 0 saturated heterocycles. The first-order chi connectivity index (χ1) is 9.81. The molecule has 20 heavy (non-hydrogen) atoms. The molecule has 104 valence electrons. The van der Waals surface area contributed by atoms with E-state index in [9.17, 15) is 4.39 Å². The molecule has 0 heterocycles. The summed E-state index contributed by atoms with van der Waals surface area (Å²) in [6.07, 6.45) is 4.71. The zero-order valence-electron chi connectivity index (χ0n) is 11.6. The van der Waals surface area contributed by atoms with Crippen LogP contribution in [0.2, 0.25) is 0 Å². The highest BCUT2D eigenvalue weighted by Crippen LogP contribution is 2.33. The number of benzene rings is 2. The third-order valence-electron chi connectivity index (χ3n) is 4.19. The van der Waals surface area contributed by atoms with E-state index in [4.69, 9.17) is 0 Å². The van der Waals surface area contributed by atoms with Gasteiger partial charge in [0.05, 0.1) is 0 Å². The van der Waals surface area contributed by atoms with Crippen molar-refractivity contribution in [2.45, 2.75) is 37.6 Å². The van der Waals surface area contributed by atoms with Crippen molar-refractivity contribution >= 4 is 5.69 Å². The lowest BCUT2D eigenvalue weighted by molar-refractivity contribution is 0.412. The van der Waals surface area contributed by atoms with Crippen molar-refractivity contribution in [2.75, 3.05) is 5.32 Å². The van der Waals surface area contributed by atoms with Gasteiger partial charge in [-0.1, -0.05) is 36.4 Å². The number of halogens is 1. The first kappa shape index (κ1) is 13.2. The Morgan fingerprint density at radius 2 is 1.60 bits per heavy atom. The van der Waals surface area contributed by atoms with Crippen molar-refractivity contribution in [1.82, 2.24) is 0 Å². The van der Waals surface area contributed by atoms with Crippen molar-refractivity contribution in [3.05, 3.63) is 66.0 Å². The number of rotatable bonds is 3. The topological polar surface area (TPSA) is 12.0 Å². The van der Waals surface area contributed by atoms with Crippen LogP contribution in [0.4, 0.5) is 10.1 Å². The average molecular weight is 269 g/mol. The lowest BCUT2D eigenvalue weighted by atomic mass is 9.82. The van der Waals surface area contributed by atoms with Crippen molar-refractivity contribution in [1.29, 1.82) is 0 Å². The molecule has 1 aliphatic rings. The molecule has 2 aromatic carbocycles. The molecule has 1 fully saturated rings. The molecule has 1 saturated carbocycles. The van der Waals surface area contributed by atoms with E-state index in [2.05, 4.69) is 35.6 Å². The van der Waals surface area contributed by atoms with Crippen LogP contribution in [0.3, 0.4) is 0 Å². The van der Waals surface area contributed by atoms with Gasteiger partial charge in [0.25, 0.3) is 0 Å². The summed E-state index contributed by atoms with van der Waals surface area (Å²) in [7, 11) is 0. The summed E-state index contributed by atoms with van der Waals surface area (Å²) in [5.74, 6) is 0.509. The van der Waals surface area contributed by atoms with Crippen LogP contribution < -0.4 is 5.32 Å². The minimum absolute atomic E-state index is 0.173. The van der Waals surface area contributed by atoms with Gasteiger partial charge >= 0.3 is 0 Å². The van der Waals surface area contributed by atoms with Gasteiger partial charge in [0, 0.05) is 11.7 Å². The van der Waals surface area contributed by atoms with Gasteiger partial charge in [-0.15, -0.1) is 0 Å². The second-order valence-corrected chi connectivity index (χ2v) is 5.61. The molecule has 1 nitrogen and oxygen atoms in total. The number of nitrogens with one attached hydrogen (secondary N) is 1. The predicted molar refractivity (Wildman–Crippen MR) is 81.5 cm³/mol. The molecule has 0 radical (unpaired) electrons. The van der Waals surface area contributed by atoms with Crippen LogP contribution in [0.5, 0.6) is 0 Å². The fourth-order valence-electron chi connectivity index (χ4n) is 3.11. The SMILES string of the molecule is Fc1cccc(NC2CCC(c3ccccc3)CC2)c1. The third-order valence-corrected chi connectivity index (χ3v) is 4.19. The Morgan fingerprint density at radius 1 is 0.850 bits per heavy atom. The van der Waals surface area contributed by atoms with Gasteiger partial charge in [-0.2, -0.15) is 0 Å². The van der Waals surface area contributed by atoms with E-state index >= 15 is 0 Å². The lowest BCUT2D eigenvalue weighted by Crippen LogP contribution is -2.25. The Kier molecular flexibility index (Phi) is 4.00. The molecule has 0 bridgehead atoms. The van der Waals surface area contributed by atoms with Crippen LogP contribution in [0.1, 0.15) is 37.2 Å². The summed E-state index contributed by atoms with van der Waals surface area (Å²) < 4.78 is 13.2. The minimum atomic E-state index is -0.173. The number of hydrogen-bond acceptors (Lipinski definition) is 1. The maximum atomic E-state index is 13.2. The highest BCUT2D eigenvalue weighted by Gasteiger charge is 2.22. The Labute approximate surface area is 119 Å². The zero-order valence-corrected chi connectivity index (χ0v) is 11.6. The summed E-state index contributed by atoms with van der Waals surface area (Å²) in [6.45, 7) is 0. The molecule has 1 N–H and O–H groups in total. The predicted octanol–water partition coefficient (Wildman–Crippen LogP) is 4.96. The van der Waals surface area contributed by atoms with Crippen LogP contribution in [-0.4, -0.2) is 6.04 Å². The highest BCUT2D eigenvalue weighted by atomic mass is 19.1. The van der Waals surface area contributed by atoms with E-state index in [1.165, 1.54) is 24.5 Å². The smallest absolute Gasteiger partial charge is 0.125 e. The second-order valence-electron chi connectivity index (χ2n) is 5.61. The molecular weight excluding hydrogens is 249 g/mol. The third kappa shape index (κ3) is 3.19. The summed E-state index contributed by atoms with van der Waals surface area (Å²) in [4.78, 5) is 0. The molecule has 2 aromatic rings. The van der Waals surface area contributed by atoms with E-state index in [1.54, 1.807) is 12.1 Å².